The Kier molecular flexibility index (Phi) is 4.02. The molecule has 1 aliphatic heterocycles. The standard InChI is InChI=1S/C10H22N2/c1-3-10-5-4-6-12(8-10)7-9(2)11/h9-10H,3-8,11H2,1-2H3/t9-,10?/m0/s1. The largest absolute Gasteiger partial charge is 0.327 e. The molecule has 0 spiro atoms. The van der Waals surface area contributed by atoms with Crippen LogP contribution in [-0.4, -0.2) is 30.6 Å². The SMILES string of the molecule is CCC1CCCN(C[C@H](C)N)C1. The first-order valence-corrected chi connectivity index (χ1v) is 5.20. The zero-order chi connectivity index (χ0) is 8.97. The molecule has 0 aromatic heterocycles. The van der Waals surface area contributed by atoms with Gasteiger partial charge in [-0.05, 0) is 32.2 Å². The summed E-state index contributed by atoms with van der Waals surface area (Å²) in [6.45, 7) is 8.00. The zero-order valence-corrected chi connectivity index (χ0v) is 8.42. The Morgan fingerprint density at radius 1 is 1.58 bits per heavy atom. The van der Waals surface area contributed by atoms with Crippen LogP contribution in [0.2, 0.25) is 0 Å². The van der Waals surface area contributed by atoms with Gasteiger partial charge < -0.3 is 10.6 Å². The molecule has 1 heterocycles. The number of rotatable bonds is 3. The fourth-order valence-corrected chi connectivity index (χ4v) is 2.06. The minimum absolute atomic E-state index is 0.334. The molecule has 0 aromatic rings. The van der Waals surface area contributed by atoms with E-state index in [1.165, 1.54) is 32.4 Å². The Morgan fingerprint density at radius 2 is 2.33 bits per heavy atom. The average Bonchev–Trinajstić information content (AvgIpc) is 2.03. The van der Waals surface area contributed by atoms with Gasteiger partial charge in [0, 0.05) is 19.1 Å². The van der Waals surface area contributed by atoms with E-state index in [2.05, 4.69) is 18.7 Å². The summed E-state index contributed by atoms with van der Waals surface area (Å²) in [5.41, 5.74) is 5.77. The van der Waals surface area contributed by atoms with Crippen molar-refractivity contribution in [2.75, 3.05) is 19.6 Å². The summed E-state index contributed by atoms with van der Waals surface area (Å²) < 4.78 is 0. The van der Waals surface area contributed by atoms with Gasteiger partial charge in [-0.1, -0.05) is 13.3 Å². The molecule has 0 amide bonds. The molecule has 0 saturated carbocycles. The molecule has 2 nitrogen and oxygen atoms in total. The van der Waals surface area contributed by atoms with Gasteiger partial charge in [-0.2, -0.15) is 0 Å². The van der Waals surface area contributed by atoms with Gasteiger partial charge in [0.1, 0.15) is 0 Å². The molecule has 2 N–H and O–H groups in total. The van der Waals surface area contributed by atoms with Gasteiger partial charge >= 0.3 is 0 Å². The van der Waals surface area contributed by atoms with Crippen molar-refractivity contribution >= 4 is 0 Å². The molecule has 2 atom stereocenters. The van der Waals surface area contributed by atoms with Crippen molar-refractivity contribution in [2.24, 2.45) is 11.7 Å². The molecule has 1 aliphatic rings. The van der Waals surface area contributed by atoms with E-state index >= 15 is 0 Å². The van der Waals surface area contributed by atoms with Crippen LogP contribution in [-0.2, 0) is 0 Å². The third kappa shape index (κ3) is 3.11. The first kappa shape index (κ1) is 10.0. The second kappa shape index (κ2) is 4.83. The summed E-state index contributed by atoms with van der Waals surface area (Å²) in [4.78, 5) is 2.52. The van der Waals surface area contributed by atoms with Crippen molar-refractivity contribution in [3.63, 3.8) is 0 Å². The Hall–Kier alpha value is -0.0800. The van der Waals surface area contributed by atoms with Crippen LogP contribution in [0.25, 0.3) is 0 Å². The van der Waals surface area contributed by atoms with Gasteiger partial charge in [0.05, 0.1) is 0 Å². The molecular formula is C10H22N2. The number of nitrogens with two attached hydrogens (primary N) is 1. The monoisotopic (exact) mass is 170 g/mol. The van der Waals surface area contributed by atoms with E-state index in [1.54, 1.807) is 0 Å². The number of piperidine rings is 1. The van der Waals surface area contributed by atoms with Gasteiger partial charge in [-0.25, -0.2) is 0 Å². The van der Waals surface area contributed by atoms with E-state index in [0.29, 0.717) is 6.04 Å². The van der Waals surface area contributed by atoms with Crippen LogP contribution < -0.4 is 5.73 Å². The van der Waals surface area contributed by atoms with Crippen LogP contribution in [0.15, 0.2) is 0 Å². The highest BCUT2D eigenvalue weighted by Gasteiger charge is 2.18. The van der Waals surface area contributed by atoms with Gasteiger partial charge in [0.15, 0.2) is 0 Å². The summed E-state index contributed by atoms with van der Waals surface area (Å²) in [5.74, 6) is 0.928. The molecule has 0 bridgehead atoms. The Morgan fingerprint density at radius 3 is 2.92 bits per heavy atom. The first-order valence-electron chi connectivity index (χ1n) is 5.20. The number of hydrogen-bond acceptors (Lipinski definition) is 2. The molecule has 1 fully saturated rings. The summed E-state index contributed by atoms with van der Waals surface area (Å²) in [6, 6.07) is 0.334. The smallest absolute Gasteiger partial charge is 0.0139 e. The normalized spacial score (nSPS) is 28.8. The molecule has 72 valence electrons. The quantitative estimate of drug-likeness (QED) is 0.694. The van der Waals surface area contributed by atoms with Crippen molar-refractivity contribution in [2.45, 2.75) is 39.2 Å². The lowest BCUT2D eigenvalue weighted by atomic mass is 9.95. The molecule has 12 heavy (non-hydrogen) atoms. The summed E-state index contributed by atoms with van der Waals surface area (Å²) in [7, 11) is 0. The van der Waals surface area contributed by atoms with Crippen molar-refractivity contribution in [3.8, 4) is 0 Å². The summed E-state index contributed by atoms with van der Waals surface area (Å²) >= 11 is 0. The Bertz CT molecular complexity index is 123. The Balaban J connectivity index is 2.25. The van der Waals surface area contributed by atoms with Gasteiger partial charge in [0.25, 0.3) is 0 Å². The minimum Gasteiger partial charge on any atom is -0.327 e. The van der Waals surface area contributed by atoms with Crippen LogP contribution in [0.1, 0.15) is 33.1 Å². The summed E-state index contributed by atoms with van der Waals surface area (Å²) in [6.07, 6.45) is 4.12. The van der Waals surface area contributed by atoms with Crippen molar-refractivity contribution in [3.05, 3.63) is 0 Å². The van der Waals surface area contributed by atoms with Crippen LogP contribution in [0.5, 0.6) is 0 Å². The molecule has 1 saturated heterocycles. The van der Waals surface area contributed by atoms with E-state index in [0.717, 1.165) is 12.5 Å². The average molecular weight is 170 g/mol. The maximum atomic E-state index is 5.77. The van der Waals surface area contributed by atoms with Crippen molar-refractivity contribution in [1.29, 1.82) is 0 Å². The van der Waals surface area contributed by atoms with E-state index in [9.17, 15) is 0 Å². The number of hydrogen-bond donors (Lipinski definition) is 1. The maximum Gasteiger partial charge on any atom is 0.0139 e. The van der Waals surface area contributed by atoms with Crippen molar-refractivity contribution < 1.29 is 0 Å². The molecule has 0 radical (unpaired) electrons. The fraction of sp³-hybridized carbons (Fsp3) is 1.00. The number of nitrogens with zero attached hydrogens (tertiary/aromatic N) is 1. The van der Waals surface area contributed by atoms with E-state index in [4.69, 9.17) is 5.73 Å². The second-order valence-corrected chi connectivity index (χ2v) is 4.15. The van der Waals surface area contributed by atoms with Crippen LogP contribution in [0, 0.1) is 5.92 Å². The highest BCUT2D eigenvalue weighted by atomic mass is 15.1. The van der Waals surface area contributed by atoms with Gasteiger partial charge in [0.2, 0.25) is 0 Å². The lowest BCUT2D eigenvalue weighted by Crippen LogP contribution is -2.41. The summed E-state index contributed by atoms with van der Waals surface area (Å²) in [5, 5.41) is 0. The zero-order valence-electron chi connectivity index (χ0n) is 8.42. The van der Waals surface area contributed by atoms with Crippen molar-refractivity contribution in [1.82, 2.24) is 4.90 Å². The second-order valence-electron chi connectivity index (χ2n) is 4.15. The maximum absolute atomic E-state index is 5.77. The van der Waals surface area contributed by atoms with Crippen LogP contribution >= 0.6 is 0 Å². The van der Waals surface area contributed by atoms with E-state index < -0.39 is 0 Å². The molecule has 1 unspecified atom stereocenters. The topological polar surface area (TPSA) is 29.3 Å². The molecule has 1 rings (SSSR count). The highest BCUT2D eigenvalue weighted by molar-refractivity contribution is 4.73. The van der Waals surface area contributed by atoms with Crippen LogP contribution in [0.4, 0.5) is 0 Å². The van der Waals surface area contributed by atoms with E-state index in [-0.39, 0.29) is 0 Å². The van der Waals surface area contributed by atoms with Crippen LogP contribution in [0.3, 0.4) is 0 Å². The fourth-order valence-electron chi connectivity index (χ4n) is 2.06. The molecule has 2 heteroatoms. The van der Waals surface area contributed by atoms with Gasteiger partial charge in [-0.15, -0.1) is 0 Å². The lowest BCUT2D eigenvalue weighted by Gasteiger charge is -2.33. The van der Waals surface area contributed by atoms with Gasteiger partial charge in [-0.3, -0.25) is 0 Å². The van der Waals surface area contributed by atoms with E-state index in [1.807, 2.05) is 0 Å². The molecule has 0 aliphatic carbocycles. The number of likely N-dealkylation sites (tertiary alicyclic amines) is 1. The first-order chi connectivity index (χ1) is 5.72. The predicted molar refractivity (Wildman–Crippen MR) is 53.1 cm³/mol. The predicted octanol–water partition coefficient (Wildman–Crippen LogP) is 1.46. The Labute approximate surface area is 76.1 Å². The lowest BCUT2D eigenvalue weighted by molar-refractivity contribution is 0.165. The third-order valence-corrected chi connectivity index (χ3v) is 2.73. The third-order valence-electron chi connectivity index (χ3n) is 2.73. The minimum atomic E-state index is 0.334. The highest BCUT2D eigenvalue weighted by Crippen LogP contribution is 2.18. The molecule has 0 aromatic carbocycles. The molecular weight excluding hydrogens is 148 g/mol.